The van der Waals surface area contributed by atoms with Gasteiger partial charge in [0, 0.05) is 19.2 Å². The molecule has 168 valence electrons. The number of nitrogens with one attached hydrogen (secondary N) is 1. The lowest BCUT2D eigenvalue weighted by molar-refractivity contribution is 0.0527. The van der Waals surface area contributed by atoms with Crippen LogP contribution in [-0.4, -0.2) is 56.6 Å². The van der Waals surface area contributed by atoms with E-state index in [2.05, 4.69) is 5.32 Å². The molecule has 0 bridgehead atoms. The number of carbonyl (C=O) groups is 3. The molecule has 0 fully saturated rings. The van der Waals surface area contributed by atoms with E-state index in [9.17, 15) is 14.4 Å². The van der Waals surface area contributed by atoms with Crippen LogP contribution in [0.2, 0.25) is 0 Å². The molecule has 2 rings (SSSR count). The van der Waals surface area contributed by atoms with Crippen LogP contribution in [0.25, 0.3) is 0 Å². The SMILES string of the molecule is CCOC(=O)c1c(NC(=O)c2ccc(OC)cc2OC)sc(C(=O)N(CC)CC)c1C. The Morgan fingerprint density at radius 3 is 2.29 bits per heavy atom. The van der Waals surface area contributed by atoms with Gasteiger partial charge in [-0.05, 0) is 45.4 Å². The molecule has 1 aromatic carbocycles. The Balaban J connectivity index is 2.49. The summed E-state index contributed by atoms with van der Waals surface area (Å²) in [5.74, 6) is -0.400. The van der Waals surface area contributed by atoms with Gasteiger partial charge < -0.3 is 24.4 Å². The molecule has 0 spiro atoms. The van der Waals surface area contributed by atoms with E-state index in [-0.39, 0.29) is 28.6 Å². The Labute approximate surface area is 186 Å². The minimum atomic E-state index is -0.591. The van der Waals surface area contributed by atoms with Crippen LogP contribution < -0.4 is 14.8 Å². The second-order valence-electron chi connectivity index (χ2n) is 6.48. The van der Waals surface area contributed by atoms with Gasteiger partial charge in [-0.25, -0.2) is 4.79 Å². The van der Waals surface area contributed by atoms with Crippen molar-refractivity contribution in [1.29, 1.82) is 0 Å². The Morgan fingerprint density at radius 1 is 1.06 bits per heavy atom. The topological polar surface area (TPSA) is 94.2 Å². The maximum absolute atomic E-state index is 13.0. The number of amides is 2. The first kappa shape index (κ1) is 24.2. The number of esters is 1. The number of nitrogens with zero attached hydrogens (tertiary/aromatic N) is 1. The molecule has 0 saturated carbocycles. The normalized spacial score (nSPS) is 10.4. The molecule has 0 saturated heterocycles. The number of hydrogen-bond donors (Lipinski definition) is 1. The van der Waals surface area contributed by atoms with Crippen LogP contribution in [0.3, 0.4) is 0 Å². The molecule has 1 N–H and O–H groups in total. The van der Waals surface area contributed by atoms with Gasteiger partial charge in [-0.1, -0.05) is 0 Å². The maximum Gasteiger partial charge on any atom is 0.341 e. The molecule has 0 aliphatic rings. The smallest absolute Gasteiger partial charge is 0.341 e. The first-order valence-electron chi connectivity index (χ1n) is 9.95. The highest BCUT2D eigenvalue weighted by Crippen LogP contribution is 2.35. The lowest BCUT2D eigenvalue weighted by Crippen LogP contribution is -2.30. The third-order valence-electron chi connectivity index (χ3n) is 4.75. The van der Waals surface area contributed by atoms with E-state index in [1.54, 1.807) is 36.9 Å². The summed E-state index contributed by atoms with van der Waals surface area (Å²) >= 11 is 1.06. The summed E-state index contributed by atoms with van der Waals surface area (Å²) in [6.07, 6.45) is 0. The summed E-state index contributed by atoms with van der Waals surface area (Å²) in [5, 5.41) is 3.02. The zero-order chi connectivity index (χ0) is 23.1. The molecular formula is C22H28N2O6S. The van der Waals surface area contributed by atoms with Gasteiger partial charge >= 0.3 is 5.97 Å². The summed E-state index contributed by atoms with van der Waals surface area (Å²) in [6.45, 7) is 8.39. The van der Waals surface area contributed by atoms with Crippen molar-refractivity contribution in [2.24, 2.45) is 0 Å². The highest BCUT2D eigenvalue weighted by molar-refractivity contribution is 7.18. The van der Waals surface area contributed by atoms with Crippen LogP contribution in [0, 0.1) is 6.92 Å². The van der Waals surface area contributed by atoms with Crippen molar-refractivity contribution in [3.63, 3.8) is 0 Å². The molecule has 0 unspecified atom stereocenters. The van der Waals surface area contributed by atoms with Crippen LogP contribution in [0.15, 0.2) is 18.2 Å². The van der Waals surface area contributed by atoms with E-state index < -0.39 is 11.9 Å². The Hall–Kier alpha value is -3.07. The number of ether oxygens (including phenoxy) is 3. The Morgan fingerprint density at radius 2 is 1.74 bits per heavy atom. The van der Waals surface area contributed by atoms with Crippen LogP contribution in [-0.2, 0) is 4.74 Å². The van der Waals surface area contributed by atoms with Gasteiger partial charge in [0.1, 0.15) is 16.5 Å². The molecule has 8 nitrogen and oxygen atoms in total. The lowest BCUT2D eigenvalue weighted by atomic mass is 10.1. The van der Waals surface area contributed by atoms with Crippen LogP contribution in [0.1, 0.15) is 56.7 Å². The van der Waals surface area contributed by atoms with Gasteiger partial charge in [-0.15, -0.1) is 11.3 Å². The first-order valence-corrected chi connectivity index (χ1v) is 10.8. The second-order valence-corrected chi connectivity index (χ2v) is 7.50. The van der Waals surface area contributed by atoms with E-state index in [4.69, 9.17) is 14.2 Å². The molecular weight excluding hydrogens is 420 g/mol. The fraction of sp³-hybridized carbons (Fsp3) is 0.409. The minimum absolute atomic E-state index is 0.174. The molecule has 0 aliphatic carbocycles. The highest BCUT2D eigenvalue weighted by Gasteiger charge is 2.29. The Kier molecular flexibility index (Phi) is 8.44. The summed E-state index contributed by atoms with van der Waals surface area (Å²) in [5.41, 5.74) is 0.932. The molecule has 9 heteroatoms. The average molecular weight is 449 g/mol. The lowest BCUT2D eigenvalue weighted by Gasteiger charge is -2.18. The summed E-state index contributed by atoms with van der Waals surface area (Å²) in [6, 6.07) is 4.80. The van der Waals surface area contributed by atoms with Crippen molar-refractivity contribution in [1.82, 2.24) is 4.90 Å². The fourth-order valence-corrected chi connectivity index (χ4v) is 4.22. The average Bonchev–Trinajstić information content (AvgIpc) is 3.09. The molecule has 0 radical (unpaired) electrons. The third-order valence-corrected chi connectivity index (χ3v) is 5.95. The minimum Gasteiger partial charge on any atom is -0.497 e. The molecule has 1 heterocycles. The molecule has 2 amide bonds. The van der Waals surface area contributed by atoms with Crippen molar-refractivity contribution in [2.45, 2.75) is 27.7 Å². The van der Waals surface area contributed by atoms with E-state index >= 15 is 0 Å². The van der Waals surface area contributed by atoms with Gasteiger partial charge in [-0.3, -0.25) is 9.59 Å². The Bertz CT molecular complexity index is 965. The summed E-state index contributed by atoms with van der Waals surface area (Å²) in [7, 11) is 2.97. The molecule has 0 aliphatic heterocycles. The standard InChI is InChI=1S/C22H28N2O6S/c1-7-24(8-2)21(26)18-13(4)17(22(27)30-9-3)20(31-18)23-19(25)15-11-10-14(28-5)12-16(15)29-6/h10-12H,7-9H2,1-6H3,(H,23,25). The fourth-order valence-electron chi connectivity index (χ4n) is 3.07. The number of hydrogen-bond acceptors (Lipinski definition) is 7. The first-order chi connectivity index (χ1) is 14.8. The van der Waals surface area contributed by atoms with Gasteiger partial charge in [0.15, 0.2) is 0 Å². The quantitative estimate of drug-likeness (QED) is 0.583. The number of methoxy groups -OCH3 is 2. The largest absolute Gasteiger partial charge is 0.497 e. The van der Waals surface area contributed by atoms with Gasteiger partial charge in [0.2, 0.25) is 0 Å². The second kappa shape index (κ2) is 10.8. The zero-order valence-electron chi connectivity index (χ0n) is 18.7. The van der Waals surface area contributed by atoms with Gasteiger partial charge in [-0.2, -0.15) is 0 Å². The van der Waals surface area contributed by atoms with Gasteiger partial charge in [0.05, 0.1) is 36.8 Å². The molecule has 2 aromatic rings. The van der Waals surface area contributed by atoms with E-state index in [1.165, 1.54) is 14.2 Å². The number of benzene rings is 1. The van der Waals surface area contributed by atoms with Crippen molar-refractivity contribution in [3.8, 4) is 11.5 Å². The number of rotatable bonds is 9. The van der Waals surface area contributed by atoms with Crippen LogP contribution in [0.4, 0.5) is 5.00 Å². The van der Waals surface area contributed by atoms with Crippen molar-refractivity contribution in [2.75, 3.05) is 39.2 Å². The van der Waals surface area contributed by atoms with Gasteiger partial charge in [0.25, 0.3) is 11.8 Å². The number of thiophene rings is 1. The number of anilines is 1. The van der Waals surface area contributed by atoms with E-state index in [0.29, 0.717) is 35.0 Å². The summed E-state index contributed by atoms with van der Waals surface area (Å²) < 4.78 is 15.6. The highest BCUT2D eigenvalue weighted by atomic mass is 32.1. The summed E-state index contributed by atoms with van der Waals surface area (Å²) in [4.78, 5) is 40.6. The molecule has 31 heavy (non-hydrogen) atoms. The monoisotopic (exact) mass is 448 g/mol. The van der Waals surface area contributed by atoms with Crippen LogP contribution >= 0.6 is 11.3 Å². The van der Waals surface area contributed by atoms with Crippen molar-refractivity contribution in [3.05, 3.63) is 39.8 Å². The zero-order valence-corrected chi connectivity index (χ0v) is 19.5. The third kappa shape index (κ3) is 5.16. The van der Waals surface area contributed by atoms with Crippen LogP contribution in [0.5, 0.6) is 11.5 Å². The maximum atomic E-state index is 13.0. The van der Waals surface area contributed by atoms with Crippen molar-refractivity contribution >= 4 is 34.1 Å². The molecule has 0 atom stereocenters. The van der Waals surface area contributed by atoms with E-state index in [0.717, 1.165) is 11.3 Å². The predicted octanol–water partition coefficient (Wildman–Crippen LogP) is 3.98. The van der Waals surface area contributed by atoms with Crippen molar-refractivity contribution < 1.29 is 28.6 Å². The number of carbonyl (C=O) groups excluding carboxylic acids is 3. The molecule has 1 aromatic heterocycles. The van der Waals surface area contributed by atoms with E-state index in [1.807, 2.05) is 13.8 Å². The predicted molar refractivity (Wildman–Crippen MR) is 120 cm³/mol.